The van der Waals surface area contributed by atoms with Gasteiger partial charge in [0, 0.05) is 10.5 Å². The molecule has 0 aliphatic carbocycles. The first-order valence-electron chi connectivity index (χ1n) is 5.57. The smallest absolute Gasteiger partial charge is 0.412 e. The topological polar surface area (TPSA) is 81.5 Å². The van der Waals surface area contributed by atoms with Crippen LogP contribution in [-0.2, 0) is 11.3 Å². The van der Waals surface area contributed by atoms with Gasteiger partial charge in [0.25, 0.3) is 0 Å². The van der Waals surface area contributed by atoms with Gasteiger partial charge in [-0.2, -0.15) is 0 Å². The summed E-state index contributed by atoms with van der Waals surface area (Å²) in [4.78, 5) is 21.6. The average molecular weight is 287 g/mol. The number of nitrogens with one attached hydrogen (secondary N) is 1. The van der Waals surface area contributed by atoms with Crippen molar-refractivity contribution in [3.05, 3.63) is 38.9 Å². The van der Waals surface area contributed by atoms with Gasteiger partial charge in [-0.25, -0.2) is 4.79 Å². The molecule has 1 aromatic rings. The van der Waals surface area contributed by atoms with Gasteiger partial charge in [0.1, 0.15) is 5.60 Å². The number of halogens is 1. The molecule has 1 amide bonds. The molecule has 0 radical (unpaired) electrons. The van der Waals surface area contributed by atoms with Gasteiger partial charge in [0.05, 0.1) is 10.7 Å². The first-order valence-corrected chi connectivity index (χ1v) is 5.95. The Morgan fingerprint density at radius 2 is 2.11 bits per heavy atom. The van der Waals surface area contributed by atoms with Crippen LogP contribution in [0.2, 0.25) is 5.02 Å². The van der Waals surface area contributed by atoms with Crippen LogP contribution in [-0.4, -0.2) is 16.6 Å². The van der Waals surface area contributed by atoms with Gasteiger partial charge in [-0.1, -0.05) is 17.7 Å². The van der Waals surface area contributed by atoms with Crippen LogP contribution in [0, 0.1) is 10.1 Å². The number of carbonyl (C=O) groups excluding carboxylic acids is 1. The quantitative estimate of drug-likeness (QED) is 0.681. The van der Waals surface area contributed by atoms with Crippen molar-refractivity contribution in [2.45, 2.75) is 32.9 Å². The van der Waals surface area contributed by atoms with E-state index in [1.54, 1.807) is 20.8 Å². The Hall–Kier alpha value is -1.82. The molecule has 0 heterocycles. The summed E-state index contributed by atoms with van der Waals surface area (Å²) in [7, 11) is 0. The molecule has 0 saturated carbocycles. The van der Waals surface area contributed by atoms with E-state index in [1.165, 1.54) is 18.2 Å². The van der Waals surface area contributed by atoms with Gasteiger partial charge in [-0.05, 0) is 32.9 Å². The molecule has 0 spiro atoms. The average Bonchev–Trinajstić information content (AvgIpc) is 2.19. The minimum Gasteiger partial charge on any atom is -0.444 e. The molecule has 1 rings (SSSR count). The molecule has 1 aromatic carbocycles. The van der Waals surface area contributed by atoms with Crippen molar-refractivity contribution in [2.75, 3.05) is 5.32 Å². The SMILES string of the molecule is CC(C)(C)OC(=O)Nc1cc(C[N+](=O)[O-])ccc1Cl. The first kappa shape index (κ1) is 15.2. The highest BCUT2D eigenvalue weighted by Gasteiger charge is 2.17. The van der Waals surface area contributed by atoms with E-state index >= 15 is 0 Å². The maximum absolute atomic E-state index is 11.6. The second-order valence-corrected chi connectivity index (χ2v) is 5.34. The van der Waals surface area contributed by atoms with Gasteiger partial charge in [-0.3, -0.25) is 15.4 Å². The van der Waals surface area contributed by atoms with Crippen LogP contribution in [0.4, 0.5) is 10.5 Å². The molecule has 0 saturated heterocycles. The standard InChI is InChI=1S/C12H15ClN2O4/c1-12(2,3)19-11(16)14-10-6-8(7-15(17)18)4-5-9(10)13/h4-6H,7H2,1-3H3,(H,14,16). The summed E-state index contributed by atoms with van der Waals surface area (Å²) < 4.78 is 5.08. The molecule has 7 heteroatoms. The van der Waals surface area contributed by atoms with Crippen LogP contribution in [0.15, 0.2) is 18.2 Å². The van der Waals surface area contributed by atoms with Crippen LogP contribution in [0.3, 0.4) is 0 Å². The van der Waals surface area contributed by atoms with E-state index in [0.717, 1.165) is 0 Å². The fourth-order valence-electron chi connectivity index (χ4n) is 1.33. The first-order chi connectivity index (χ1) is 8.67. The lowest BCUT2D eigenvalue weighted by Gasteiger charge is -2.20. The van der Waals surface area contributed by atoms with E-state index in [4.69, 9.17) is 16.3 Å². The summed E-state index contributed by atoms with van der Waals surface area (Å²) in [6, 6.07) is 4.48. The van der Waals surface area contributed by atoms with E-state index in [2.05, 4.69) is 5.32 Å². The number of anilines is 1. The molecule has 0 atom stereocenters. The summed E-state index contributed by atoms with van der Waals surface area (Å²) >= 11 is 5.91. The maximum atomic E-state index is 11.6. The number of nitro groups is 1. The predicted molar refractivity (Wildman–Crippen MR) is 72.0 cm³/mol. The number of hydrogen-bond acceptors (Lipinski definition) is 4. The number of nitrogens with zero attached hydrogens (tertiary/aromatic N) is 1. The number of benzene rings is 1. The maximum Gasteiger partial charge on any atom is 0.412 e. The largest absolute Gasteiger partial charge is 0.444 e. The zero-order chi connectivity index (χ0) is 14.6. The second kappa shape index (κ2) is 5.88. The van der Waals surface area contributed by atoms with Crippen molar-refractivity contribution in [1.29, 1.82) is 0 Å². The lowest BCUT2D eigenvalue weighted by atomic mass is 10.2. The number of rotatable bonds is 3. The molecule has 104 valence electrons. The Morgan fingerprint density at radius 3 is 2.63 bits per heavy atom. The lowest BCUT2D eigenvalue weighted by molar-refractivity contribution is -0.496. The van der Waals surface area contributed by atoms with Crippen molar-refractivity contribution in [2.24, 2.45) is 0 Å². The molecular weight excluding hydrogens is 272 g/mol. The van der Waals surface area contributed by atoms with Gasteiger partial charge in [0.2, 0.25) is 6.54 Å². The van der Waals surface area contributed by atoms with E-state index < -0.39 is 16.6 Å². The van der Waals surface area contributed by atoms with Crippen molar-refractivity contribution < 1.29 is 14.5 Å². The van der Waals surface area contributed by atoms with Crippen LogP contribution in [0.1, 0.15) is 26.3 Å². The zero-order valence-electron chi connectivity index (χ0n) is 10.9. The third-order valence-corrected chi connectivity index (χ3v) is 2.31. The molecule has 0 unspecified atom stereocenters. The monoisotopic (exact) mass is 286 g/mol. The molecule has 0 bridgehead atoms. The van der Waals surface area contributed by atoms with Crippen molar-refractivity contribution in [3.63, 3.8) is 0 Å². The molecule has 6 nitrogen and oxygen atoms in total. The van der Waals surface area contributed by atoms with Crippen molar-refractivity contribution in [1.82, 2.24) is 0 Å². The van der Waals surface area contributed by atoms with E-state index in [-0.39, 0.29) is 17.3 Å². The fraction of sp³-hybridized carbons (Fsp3) is 0.417. The Labute approximate surface area is 115 Å². The fourth-order valence-corrected chi connectivity index (χ4v) is 1.49. The van der Waals surface area contributed by atoms with Crippen LogP contribution < -0.4 is 5.32 Å². The normalized spacial score (nSPS) is 10.9. The molecule has 0 fully saturated rings. The Kier molecular flexibility index (Phi) is 4.72. The van der Waals surface area contributed by atoms with E-state index in [1.807, 2.05) is 0 Å². The Bertz CT molecular complexity index is 497. The van der Waals surface area contributed by atoms with Crippen LogP contribution in [0.25, 0.3) is 0 Å². The summed E-state index contributed by atoms with van der Waals surface area (Å²) in [5.41, 5.74) is 0.102. The molecule has 0 aliphatic rings. The molecule has 0 aromatic heterocycles. The number of ether oxygens (including phenoxy) is 1. The minimum absolute atomic E-state index is 0.287. The third kappa shape index (κ3) is 5.56. The van der Waals surface area contributed by atoms with Crippen LogP contribution in [0.5, 0.6) is 0 Å². The van der Waals surface area contributed by atoms with Crippen molar-refractivity contribution >= 4 is 23.4 Å². The second-order valence-electron chi connectivity index (χ2n) is 4.93. The number of hydrogen-bond donors (Lipinski definition) is 1. The van der Waals surface area contributed by atoms with Crippen LogP contribution >= 0.6 is 11.6 Å². The summed E-state index contributed by atoms with van der Waals surface area (Å²) in [5.74, 6) is 0. The number of carbonyl (C=O) groups is 1. The number of amides is 1. The highest BCUT2D eigenvalue weighted by atomic mass is 35.5. The van der Waals surface area contributed by atoms with Gasteiger partial charge < -0.3 is 4.74 Å². The minimum atomic E-state index is -0.660. The highest BCUT2D eigenvalue weighted by Crippen LogP contribution is 2.24. The Morgan fingerprint density at radius 1 is 1.47 bits per heavy atom. The zero-order valence-corrected chi connectivity index (χ0v) is 11.7. The third-order valence-electron chi connectivity index (χ3n) is 1.98. The lowest BCUT2D eigenvalue weighted by Crippen LogP contribution is -2.27. The Balaban J connectivity index is 2.82. The van der Waals surface area contributed by atoms with E-state index in [0.29, 0.717) is 5.56 Å². The summed E-state index contributed by atoms with van der Waals surface area (Å²) in [5, 5.41) is 13.2. The van der Waals surface area contributed by atoms with Crippen molar-refractivity contribution in [3.8, 4) is 0 Å². The molecular formula is C12H15ClN2O4. The van der Waals surface area contributed by atoms with Gasteiger partial charge >= 0.3 is 6.09 Å². The molecule has 1 N–H and O–H groups in total. The van der Waals surface area contributed by atoms with Gasteiger partial charge in [-0.15, -0.1) is 0 Å². The predicted octanol–water partition coefficient (Wildman–Crippen LogP) is 3.46. The summed E-state index contributed by atoms with van der Waals surface area (Å²) in [6.45, 7) is 4.87. The molecule has 0 aliphatic heterocycles. The van der Waals surface area contributed by atoms with E-state index in [9.17, 15) is 14.9 Å². The molecule has 19 heavy (non-hydrogen) atoms. The van der Waals surface area contributed by atoms with Gasteiger partial charge in [0.15, 0.2) is 0 Å². The summed E-state index contributed by atoms with van der Waals surface area (Å²) in [6.07, 6.45) is -0.660. The highest BCUT2D eigenvalue weighted by molar-refractivity contribution is 6.33.